The first-order valence-electron chi connectivity index (χ1n) is 8.00. The van der Waals surface area contributed by atoms with Crippen LogP contribution in [0.4, 0.5) is 0 Å². The molecule has 0 aliphatic carbocycles. The number of nitrogens with one attached hydrogen (secondary N) is 1. The van der Waals surface area contributed by atoms with E-state index in [9.17, 15) is 4.79 Å². The van der Waals surface area contributed by atoms with Gasteiger partial charge in [0.1, 0.15) is 10.8 Å². The van der Waals surface area contributed by atoms with Crippen LogP contribution in [0.5, 0.6) is 0 Å². The number of nitrogens with zero attached hydrogens (tertiary/aromatic N) is 3. The van der Waals surface area contributed by atoms with Crippen molar-refractivity contribution in [1.82, 2.24) is 20.2 Å². The van der Waals surface area contributed by atoms with Gasteiger partial charge < -0.3 is 9.72 Å². The number of carbonyl (C=O) groups excluding carboxylic acids is 1. The molecule has 1 aromatic carbocycles. The number of aryl methyl sites for hydroxylation is 2. The summed E-state index contributed by atoms with van der Waals surface area (Å²) < 4.78 is 5.09. The van der Waals surface area contributed by atoms with Gasteiger partial charge in [0.05, 0.1) is 12.1 Å². The third kappa shape index (κ3) is 3.08. The van der Waals surface area contributed by atoms with E-state index < -0.39 is 0 Å². The Bertz CT molecular complexity index is 906. The predicted octanol–water partition coefficient (Wildman–Crippen LogP) is 3.56. The Labute approximate surface area is 144 Å². The Morgan fingerprint density at radius 2 is 2.08 bits per heavy atom. The zero-order valence-electron chi connectivity index (χ0n) is 14.2. The summed E-state index contributed by atoms with van der Waals surface area (Å²) >= 11 is 1.29. The van der Waals surface area contributed by atoms with E-state index in [0.29, 0.717) is 23.8 Å². The lowest BCUT2D eigenvalue weighted by molar-refractivity contribution is -0.142. The monoisotopic (exact) mass is 344 g/mol. The molecule has 0 saturated carbocycles. The van der Waals surface area contributed by atoms with Crippen molar-refractivity contribution in [3.05, 3.63) is 23.3 Å². The molecule has 0 fully saturated rings. The molecule has 2 heterocycles. The number of rotatable bonds is 5. The molecule has 0 unspecified atom stereocenters. The van der Waals surface area contributed by atoms with Gasteiger partial charge in [-0.1, -0.05) is 30.3 Å². The lowest BCUT2D eigenvalue weighted by Gasteiger charge is -2.11. The first-order chi connectivity index (χ1) is 11.5. The topological polar surface area (TPSA) is 80.8 Å². The van der Waals surface area contributed by atoms with Crippen molar-refractivity contribution in [2.24, 2.45) is 0 Å². The van der Waals surface area contributed by atoms with Crippen LogP contribution >= 0.6 is 11.8 Å². The van der Waals surface area contributed by atoms with Crippen LogP contribution in [0, 0.1) is 13.8 Å². The maximum absolute atomic E-state index is 11.9. The van der Waals surface area contributed by atoms with Gasteiger partial charge in [0.15, 0.2) is 5.65 Å². The molecule has 6 nitrogen and oxygen atoms in total. The fraction of sp³-hybridized carbons (Fsp3) is 0.412. The number of hydrogen-bond acceptors (Lipinski definition) is 6. The summed E-state index contributed by atoms with van der Waals surface area (Å²) in [5.74, 6) is -0.239. The van der Waals surface area contributed by atoms with E-state index in [1.807, 2.05) is 6.92 Å². The van der Waals surface area contributed by atoms with E-state index in [4.69, 9.17) is 4.74 Å². The normalized spacial score (nSPS) is 12.7. The molecule has 0 saturated heterocycles. The average molecular weight is 344 g/mol. The minimum atomic E-state index is -0.322. The molecule has 3 rings (SSSR count). The van der Waals surface area contributed by atoms with Gasteiger partial charge in [0.2, 0.25) is 5.16 Å². The Hall–Kier alpha value is -2.15. The number of fused-ring (bicyclic) bond motifs is 3. The number of thioether (sulfide) groups is 1. The molecule has 1 N–H and O–H groups in total. The van der Waals surface area contributed by atoms with Gasteiger partial charge in [-0.15, -0.1) is 10.2 Å². The zero-order chi connectivity index (χ0) is 17.3. The third-order valence-corrected chi connectivity index (χ3v) is 5.01. The fourth-order valence-electron chi connectivity index (χ4n) is 2.73. The van der Waals surface area contributed by atoms with Gasteiger partial charge in [-0.3, -0.25) is 4.79 Å². The van der Waals surface area contributed by atoms with Gasteiger partial charge in [0, 0.05) is 5.39 Å². The standard InChI is InChI=1S/C17H20N4O2S/c1-5-12(16(22)23-6-2)24-17-19-15-14(20-21-17)11-8-9(3)7-10(4)13(11)18-15/h7-8,12H,5-6H2,1-4H3,(H,18,19,21)/t12-/m0/s1. The molecule has 0 spiro atoms. The number of ether oxygens (including phenoxy) is 1. The number of H-pyrrole nitrogens is 1. The molecule has 1 atom stereocenters. The molecule has 0 amide bonds. The number of carbonyl (C=O) groups is 1. The van der Waals surface area contributed by atoms with Gasteiger partial charge >= 0.3 is 5.97 Å². The summed E-state index contributed by atoms with van der Waals surface area (Å²) in [5, 5.41) is 9.70. The van der Waals surface area contributed by atoms with Gasteiger partial charge in [-0.2, -0.15) is 0 Å². The molecule has 126 valence electrons. The number of hydrogen-bond donors (Lipinski definition) is 1. The molecule has 2 aromatic heterocycles. The Kier molecular flexibility index (Phi) is 4.71. The second-order valence-corrected chi connectivity index (χ2v) is 6.86. The van der Waals surface area contributed by atoms with Crippen LogP contribution in [0.1, 0.15) is 31.4 Å². The smallest absolute Gasteiger partial charge is 0.319 e. The minimum absolute atomic E-state index is 0.239. The second-order valence-electron chi connectivity index (χ2n) is 5.69. The van der Waals surface area contributed by atoms with E-state index in [2.05, 4.69) is 46.1 Å². The fourth-order valence-corrected chi connectivity index (χ4v) is 3.55. The SMILES string of the molecule is CCOC(=O)[C@H](CC)Sc1nnc2c(n1)[nH]c1c(C)cc(C)cc12. The van der Waals surface area contributed by atoms with Gasteiger partial charge in [-0.25, -0.2) is 4.98 Å². The van der Waals surface area contributed by atoms with Gasteiger partial charge in [0.25, 0.3) is 0 Å². The predicted molar refractivity (Wildman–Crippen MR) is 95.2 cm³/mol. The Morgan fingerprint density at radius 3 is 2.79 bits per heavy atom. The number of esters is 1. The molecule has 3 aromatic rings. The highest BCUT2D eigenvalue weighted by molar-refractivity contribution is 8.00. The van der Waals surface area contributed by atoms with E-state index in [0.717, 1.165) is 22.0 Å². The first kappa shape index (κ1) is 16.7. The highest BCUT2D eigenvalue weighted by Crippen LogP contribution is 2.28. The number of aromatic nitrogens is 4. The van der Waals surface area contributed by atoms with Crippen molar-refractivity contribution in [2.75, 3.05) is 6.61 Å². The molecule has 0 bridgehead atoms. The molecule has 0 radical (unpaired) electrons. The summed E-state index contributed by atoms with van der Waals surface area (Å²) in [6.07, 6.45) is 0.649. The number of aromatic amines is 1. The lowest BCUT2D eigenvalue weighted by Crippen LogP contribution is -2.19. The molecule has 0 aliphatic heterocycles. The Balaban J connectivity index is 1.98. The van der Waals surface area contributed by atoms with Crippen molar-refractivity contribution in [1.29, 1.82) is 0 Å². The zero-order valence-corrected chi connectivity index (χ0v) is 15.0. The van der Waals surface area contributed by atoms with Crippen molar-refractivity contribution in [2.45, 2.75) is 44.5 Å². The molecular formula is C17H20N4O2S. The summed E-state index contributed by atoms with van der Waals surface area (Å²) in [5.41, 5.74) is 4.80. The van der Waals surface area contributed by atoms with E-state index in [1.165, 1.54) is 17.3 Å². The van der Waals surface area contributed by atoms with Crippen LogP contribution in [0.25, 0.3) is 22.1 Å². The van der Waals surface area contributed by atoms with Crippen LogP contribution in [0.3, 0.4) is 0 Å². The Morgan fingerprint density at radius 1 is 1.29 bits per heavy atom. The van der Waals surface area contributed by atoms with E-state index in [1.54, 1.807) is 6.92 Å². The summed E-state index contributed by atoms with van der Waals surface area (Å²) in [7, 11) is 0. The average Bonchev–Trinajstić information content (AvgIpc) is 2.91. The van der Waals surface area contributed by atoms with Crippen LogP contribution in [0.15, 0.2) is 17.3 Å². The van der Waals surface area contributed by atoms with Crippen molar-refractivity contribution in [3.63, 3.8) is 0 Å². The minimum Gasteiger partial charge on any atom is -0.465 e. The van der Waals surface area contributed by atoms with Crippen molar-refractivity contribution < 1.29 is 9.53 Å². The van der Waals surface area contributed by atoms with Crippen molar-refractivity contribution in [3.8, 4) is 0 Å². The van der Waals surface area contributed by atoms with E-state index in [-0.39, 0.29) is 11.2 Å². The lowest BCUT2D eigenvalue weighted by atomic mass is 10.1. The van der Waals surface area contributed by atoms with E-state index >= 15 is 0 Å². The maximum atomic E-state index is 11.9. The van der Waals surface area contributed by atoms with Crippen LogP contribution in [0.2, 0.25) is 0 Å². The third-order valence-electron chi connectivity index (χ3n) is 3.81. The highest BCUT2D eigenvalue weighted by Gasteiger charge is 2.21. The van der Waals surface area contributed by atoms with Gasteiger partial charge in [-0.05, 0) is 38.8 Å². The van der Waals surface area contributed by atoms with Crippen LogP contribution in [-0.2, 0) is 9.53 Å². The van der Waals surface area contributed by atoms with Crippen LogP contribution < -0.4 is 0 Å². The maximum Gasteiger partial charge on any atom is 0.319 e. The molecule has 24 heavy (non-hydrogen) atoms. The quantitative estimate of drug-likeness (QED) is 0.563. The first-order valence-corrected chi connectivity index (χ1v) is 8.88. The largest absolute Gasteiger partial charge is 0.465 e. The molecular weight excluding hydrogens is 324 g/mol. The van der Waals surface area contributed by atoms with Crippen LogP contribution in [-0.4, -0.2) is 38.0 Å². The summed E-state index contributed by atoms with van der Waals surface area (Å²) in [6, 6.07) is 4.20. The highest BCUT2D eigenvalue weighted by atomic mass is 32.2. The number of benzene rings is 1. The summed E-state index contributed by atoms with van der Waals surface area (Å²) in [4.78, 5) is 19.8. The summed E-state index contributed by atoms with van der Waals surface area (Å²) in [6.45, 7) is 8.22. The van der Waals surface area contributed by atoms with Crippen molar-refractivity contribution >= 4 is 39.8 Å². The molecule has 7 heteroatoms. The second kappa shape index (κ2) is 6.76. The molecule has 0 aliphatic rings.